The summed E-state index contributed by atoms with van der Waals surface area (Å²) in [5.41, 5.74) is 2.16. The van der Waals surface area contributed by atoms with Gasteiger partial charge in [-0.3, -0.25) is 4.79 Å². The van der Waals surface area contributed by atoms with Crippen LogP contribution in [0.4, 0.5) is 0 Å². The van der Waals surface area contributed by atoms with Crippen molar-refractivity contribution in [2.45, 2.75) is 6.92 Å². The molecule has 2 heteroatoms. The monoisotopic (exact) mass is 162 g/mol. The number of aryl methyl sites for hydroxylation is 1. The van der Waals surface area contributed by atoms with Gasteiger partial charge in [0.1, 0.15) is 0 Å². The zero-order valence-electron chi connectivity index (χ0n) is 6.82. The standard InChI is InChI=1S/C10H10O2/c1-8-2-4-9(5-3-8)10(6-11)7-12/h2-7,11H,1H3/b10-6+. The Labute approximate surface area is 71.2 Å². The predicted octanol–water partition coefficient (Wildman–Crippen LogP) is 2.09. The van der Waals surface area contributed by atoms with Gasteiger partial charge >= 0.3 is 0 Å². The van der Waals surface area contributed by atoms with Gasteiger partial charge in [-0.2, -0.15) is 0 Å². The summed E-state index contributed by atoms with van der Waals surface area (Å²) in [6, 6.07) is 7.38. The first-order valence-corrected chi connectivity index (χ1v) is 3.64. The van der Waals surface area contributed by atoms with Gasteiger partial charge in [-0.1, -0.05) is 29.8 Å². The average molecular weight is 162 g/mol. The van der Waals surface area contributed by atoms with Crippen molar-refractivity contribution in [1.82, 2.24) is 0 Å². The maximum atomic E-state index is 10.4. The third-order valence-corrected chi connectivity index (χ3v) is 1.65. The molecule has 1 N–H and O–H groups in total. The lowest BCUT2D eigenvalue weighted by Crippen LogP contribution is -1.85. The normalized spacial score (nSPS) is 11.2. The number of allylic oxidation sites excluding steroid dienone is 1. The largest absolute Gasteiger partial charge is 0.515 e. The van der Waals surface area contributed by atoms with Crippen molar-refractivity contribution in [3.63, 3.8) is 0 Å². The summed E-state index contributed by atoms with van der Waals surface area (Å²) in [6.07, 6.45) is 1.45. The number of hydrogen-bond donors (Lipinski definition) is 1. The fraction of sp³-hybridized carbons (Fsp3) is 0.100. The molecule has 0 aliphatic heterocycles. The van der Waals surface area contributed by atoms with E-state index >= 15 is 0 Å². The molecule has 0 aromatic heterocycles. The van der Waals surface area contributed by atoms with Crippen molar-refractivity contribution >= 4 is 11.9 Å². The summed E-state index contributed by atoms with van der Waals surface area (Å²) in [4.78, 5) is 10.4. The first-order chi connectivity index (χ1) is 5.77. The summed E-state index contributed by atoms with van der Waals surface area (Å²) in [6.45, 7) is 1.97. The van der Waals surface area contributed by atoms with Crippen LogP contribution >= 0.6 is 0 Å². The van der Waals surface area contributed by atoms with Crippen molar-refractivity contribution in [2.24, 2.45) is 0 Å². The maximum absolute atomic E-state index is 10.4. The highest BCUT2D eigenvalue weighted by atomic mass is 16.2. The number of aldehydes is 1. The summed E-state index contributed by atoms with van der Waals surface area (Å²) < 4.78 is 0. The lowest BCUT2D eigenvalue weighted by molar-refractivity contribution is -0.103. The number of aliphatic hydroxyl groups excluding tert-OH is 1. The quantitative estimate of drug-likeness (QED) is 0.410. The van der Waals surface area contributed by atoms with Crippen molar-refractivity contribution in [3.05, 3.63) is 41.7 Å². The molecule has 0 fully saturated rings. The lowest BCUT2D eigenvalue weighted by Gasteiger charge is -1.98. The van der Waals surface area contributed by atoms with Gasteiger partial charge < -0.3 is 5.11 Å². The molecule has 0 saturated heterocycles. The molecule has 12 heavy (non-hydrogen) atoms. The number of aliphatic hydroxyl groups is 1. The minimum Gasteiger partial charge on any atom is -0.515 e. The van der Waals surface area contributed by atoms with Crippen LogP contribution in [0.25, 0.3) is 5.57 Å². The van der Waals surface area contributed by atoms with Crippen LogP contribution in [0.1, 0.15) is 11.1 Å². The fourth-order valence-electron chi connectivity index (χ4n) is 0.919. The summed E-state index contributed by atoms with van der Waals surface area (Å²) >= 11 is 0. The second kappa shape index (κ2) is 3.72. The molecule has 62 valence electrons. The summed E-state index contributed by atoms with van der Waals surface area (Å²) in [5, 5.41) is 8.66. The Hall–Kier alpha value is -1.57. The number of rotatable bonds is 2. The minimum absolute atomic E-state index is 0.301. The Balaban J connectivity index is 3.04. The molecule has 0 radical (unpaired) electrons. The van der Waals surface area contributed by atoms with E-state index in [9.17, 15) is 4.79 Å². The third-order valence-electron chi connectivity index (χ3n) is 1.65. The molecule has 0 aliphatic carbocycles. The van der Waals surface area contributed by atoms with Crippen molar-refractivity contribution in [3.8, 4) is 0 Å². The first kappa shape index (κ1) is 8.53. The number of hydrogen-bond acceptors (Lipinski definition) is 2. The highest BCUT2D eigenvalue weighted by Gasteiger charge is 1.97. The van der Waals surface area contributed by atoms with Gasteiger partial charge in [0.25, 0.3) is 0 Å². The van der Waals surface area contributed by atoms with Gasteiger partial charge in [-0.05, 0) is 12.5 Å². The molecule has 1 rings (SSSR count). The van der Waals surface area contributed by atoms with Crippen molar-refractivity contribution in [2.75, 3.05) is 0 Å². The maximum Gasteiger partial charge on any atom is 0.153 e. The van der Waals surface area contributed by atoms with Gasteiger partial charge in [0, 0.05) is 0 Å². The van der Waals surface area contributed by atoms with Crippen molar-refractivity contribution in [1.29, 1.82) is 0 Å². The fourth-order valence-corrected chi connectivity index (χ4v) is 0.919. The van der Waals surface area contributed by atoms with Gasteiger partial charge in [-0.25, -0.2) is 0 Å². The number of benzene rings is 1. The Morgan fingerprint density at radius 3 is 2.33 bits per heavy atom. The van der Waals surface area contributed by atoms with Gasteiger partial charge in [0.05, 0.1) is 11.8 Å². The van der Waals surface area contributed by atoms with Crippen LogP contribution in [0.5, 0.6) is 0 Å². The second-order valence-corrected chi connectivity index (χ2v) is 2.57. The van der Waals surface area contributed by atoms with Crippen LogP contribution in [-0.4, -0.2) is 11.4 Å². The highest BCUT2D eigenvalue weighted by molar-refractivity contribution is 6.06. The first-order valence-electron chi connectivity index (χ1n) is 3.64. The Bertz CT molecular complexity index is 296. The van der Waals surface area contributed by atoms with E-state index in [0.29, 0.717) is 11.9 Å². The topological polar surface area (TPSA) is 37.3 Å². The molecule has 0 bridgehead atoms. The van der Waals surface area contributed by atoms with E-state index < -0.39 is 0 Å². The zero-order valence-corrected chi connectivity index (χ0v) is 6.82. The predicted molar refractivity (Wildman–Crippen MR) is 47.8 cm³/mol. The zero-order chi connectivity index (χ0) is 8.97. The van der Waals surface area contributed by atoms with E-state index in [2.05, 4.69) is 0 Å². The third kappa shape index (κ3) is 1.72. The van der Waals surface area contributed by atoms with Gasteiger partial charge in [0.2, 0.25) is 0 Å². The Morgan fingerprint density at radius 1 is 1.33 bits per heavy atom. The Morgan fingerprint density at radius 2 is 1.92 bits per heavy atom. The molecule has 0 saturated carbocycles. The van der Waals surface area contributed by atoms with E-state index in [4.69, 9.17) is 5.11 Å². The molecule has 0 aliphatic rings. The lowest BCUT2D eigenvalue weighted by atomic mass is 10.1. The van der Waals surface area contributed by atoms with Crippen LogP contribution < -0.4 is 0 Å². The molecule has 1 aromatic carbocycles. The average Bonchev–Trinajstić information content (AvgIpc) is 2.10. The molecule has 0 atom stereocenters. The highest BCUT2D eigenvalue weighted by Crippen LogP contribution is 2.11. The van der Waals surface area contributed by atoms with Crippen LogP contribution in [0.3, 0.4) is 0 Å². The molecule has 0 heterocycles. The Kier molecular flexibility index (Phi) is 2.64. The summed E-state index contributed by atoms with van der Waals surface area (Å²) in [7, 11) is 0. The van der Waals surface area contributed by atoms with E-state index in [-0.39, 0.29) is 0 Å². The van der Waals surface area contributed by atoms with Crippen LogP contribution in [0.2, 0.25) is 0 Å². The van der Waals surface area contributed by atoms with Gasteiger partial charge in [0.15, 0.2) is 6.29 Å². The molecule has 0 spiro atoms. The van der Waals surface area contributed by atoms with E-state index in [0.717, 1.165) is 17.4 Å². The number of carbonyl (C=O) groups excluding carboxylic acids is 1. The van der Waals surface area contributed by atoms with E-state index in [1.54, 1.807) is 12.1 Å². The molecular formula is C10H10O2. The molecule has 0 amide bonds. The molecule has 1 aromatic rings. The van der Waals surface area contributed by atoms with Crippen LogP contribution in [0.15, 0.2) is 30.5 Å². The number of carbonyl (C=O) groups is 1. The summed E-state index contributed by atoms with van der Waals surface area (Å²) in [5.74, 6) is 0. The smallest absolute Gasteiger partial charge is 0.153 e. The van der Waals surface area contributed by atoms with E-state index in [1.165, 1.54) is 0 Å². The van der Waals surface area contributed by atoms with Crippen LogP contribution in [-0.2, 0) is 4.79 Å². The second-order valence-electron chi connectivity index (χ2n) is 2.57. The minimum atomic E-state index is 0.301. The van der Waals surface area contributed by atoms with E-state index in [1.807, 2.05) is 19.1 Å². The molecule has 0 unspecified atom stereocenters. The van der Waals surface area contributed by atoms with Crippen molar-refractivity contribution < 1.29 is 9.90 Å². The molecule has 2 nitrogen and oxygen atoms in total. The van der Waals surface area contributed by atoms with Crippen LogP contribution in [0, 0.1) is 6.92 Å². The van der Waals surface area contributed by atoms with Gasteiger partial charge in [-0.15, -0.1) is 0 Å². The molecular weight excluding hydrogens is 152 g/mol. The SMILES string of the molecule is Cc1ccc(/C(C=O)=C/O)cc1.